The maximum Gasteiger partial charge on any atom is 0.238 e. The third-order valence-electron chi connectivity index (χ3n) is 5.20. The molecule has 1 fully saturated rings. The number of amides is 2. The summed E-state index contributed by atoms with van der Waals surface area (Å²) in [5.74, 6) is -1.74. The number of hydrogen-bond acceptors (Lipinski definition) is 5. The summed E-state index contributed by atoms with van der Waals surface area (Å²) in [5.41, 5.74) is 0.629. The fourth-order valence-electron chi connectivity index (χ4n) is 3.52. The van der Waals surface area contributed by atoms with E-state index >= 15 is 0 Å². The molecule has 2 amide bonds. The second-order valence-electron chi connectivity index (χ2n) is 7.48. The first-order chi connectivity index (χ1) is 15.3. The molecule has 2 aromatic carbocycles. The third kappa shape index (κ3) is 6.17. The molecular formula is C22H24BrF2N3O4. The van der Waals surface area contributed by atoms with Crippen molar-refractivity contribution in [2.24, 2.45) is 0 Å². The fourth-order valence-corrected chi connectivity index (χ4v) is 3.99. The maximum atomic E-state index is 13.7. The van der Waals surface area contributed by atoms with Gasteiger partial charge >= 0.3 is 0 Å². The van der Waals surface area contributed by atoms with Gasteiger partial charge in [0, 0.05) is 36.7 Å². The predicted octanol–water partition coefficient (Wildman–Crippen LogP) is 3.16. The number of carbonyl (C=O) groups excluding carboxylic acids is 2. The summed E-state index contributed by atoms with van der Waals surface area (Å²) in [6.45, 7) is 2.14. The van der Waals surface area contributed by atoms with Crippen LogP contribution in [-0.2, 0) is 16.0 Å². The molecule has 1 saturated heterocycles. The van der Waals surface area contributed by atoms with Crippen molar-refractivity contribution < 1.29 is 28.2 Å². The lowest BCUT2D eigenvalue weighted by Gasteiger charge is -2.22. The molecule has 1 aliphatic rings. The number of hydrogen-bond donors (Lipinski definition) is 2. The van der Waals surface area contributed by atoms with Crippen LogP contribution in [0.5, 0.6) is 11.5 Å². The first-order valence-electron chi connectivity index (χ1n) is 10.1. The molecule has 10 heteroatoms. The van der Waals surface area contributed by atoms with Crippen LogP contribution in [0.15, 0.2) is 34.8 Å². The van der Waals surface area contributed by atoms with E-state index in [4.69, 9.17) is 4.74 Å². The standard InChI is InChI=1S/C22H24BrF2N3O4/c1-32-20-9-14(16(23)12-19(20)29)10-22(31)28-6-2-5-27(7-8-28)13-21(30)26-18-4-3-15(24)11-17(18)25/h3-4,9,11-12,29H,2,5-8,10,13H2,1H3,(H,26,30). The van der Waals surface area contributed by atoms with Crippen LogP contribution in [0.1, 0.15) is 12.0 Å². The summed E-state index contributed by atoms with van der Waals surface area (Å²) in [7, 11) is 1.44. The number of phenols is 1. The molecule has 0 atom stereocenters. The highest BCUT2D eigenvalue weighted by atomic mass is 79.9. The van der Waals surface area contributed by atoms with E-state index < -0.39 is 17.5 Å². The van der Waals surface area contributed by atoms with Crippen LogP contribution in [0.4, 0.5) is 14.5 Å². The molecule has 172 valence electrons. The number of nitrogens with one attached hydrogen (secondary N) is 1. The molecule has 32 heavy (non-hydrogen) atoms. The van der Waals surface area contributed by atoms with E-state index in [2.05, 4.69) is 21.2 Å². The van der Waals surface area contributed by atoms with Crippen LogP contribution in [-0.4, -0.2) is 66.6 Å². The molecular weight excluding hydrogens is 488 g/mol. The Morgan fingerprint density at radius 3 is 2.66 bits per heavy atom. The van der Waals surface area contributed by atoms with E-state index in [9.17, 15) is 23.5 Å². The van der Waals surface area contributed by atoms with Gasteiger partial charge in [0.1, 0.15) is 11.6 Å². The summed E-state index contributed by atoms with van der Waals surface area (Å²) < 4.78 is 32.5. The zero-order valence-electron chi connectivity index (χ0n) is 17.5. The Hall–Kier alpha value is -2.72. The van der Waals surface area contributed by atoms with Gasteiger partial charge in [-0.15, -0.1) is 0 Å². The molecule has 0 saturated carbocycles. The first-order valence-corrected chi connectivity index (χ1v) is 10.9. The van der Waals surface area contributed by atoms with Crippen molar-refractivity contribution in [3.05, 3.63) is 52.0 Å². The highest BCUT2D eigenvalue weighted by molar-refractivity contribution is 9.10. The minimum Gasteiger partial charge on any atom is -0.504 e. The Bertz CT molecular complexity index is 1010. The van der Waals surface area contributed by atoms with Gasteiger partial charge in [0.05, 0.1) is 25.8 Å². The summed E-state index contributed by atoms with van der Waals surface area (Å²) in [6, 6.07) is 6.10. The van der Waals surface area contributed by atoms with Crippen LogP contribution in [0.25, 0.3) is 0 Å². The van der Waals surface area contributed by atoms with Crippen LogP contribution in [0.3, 0.4) is 0 Å². The van der Waals surface area contributed by atoms with Gasteiger partial charge in [-0.05, 0) is 36.2 Å². The second-order valence-corrected chi connectivity index (χ2v) is 8.33. The van der Waals surface area contributed by atoms with Gasteiger partial charge in [-0.1, -0.05) is 15.9 Å². The zero-order valence-corrected chi connectivity index (χ0v) is 19.1. The van der Waals surface area contributed by atoms with Crippen LogP contribution in [0, 0.1) is 11.6 Å². The average molecular weight is 512 g/mol. The topological polar surface area (TPSA) is 82.1 Å². The highest BCUT2D eigenvalue weighted by Gasteiger charge is 2.22. The van der Waals surface area contributed by atoms with Crippen LogP contribution < -0.4 is 10.1 Å². The van der Waals surface area contributed by atoms with Crippen molar-refractivity contribution in [1.29, 1.82) is 0 Å². The number of nitrogens with zero attached hydrogens (tertiary/aromatic N) is 2. The molecule has 0 aromatic heterocycles. The summed E-state index contributed by atoms with van der Waals surface area (Å²) >= 11 is 3.36. The quantitative estimate of drug-likeness (QED) is 0.622. The normalized spacial score (nSPS) is 14.7. The molecule has 0 radical (unpaired) electrons. The van der Waals surface area contributed by atoms with Crippen molar-refractivity contribution in [1.82, 2.24) is 9.80 Å². The molecule has 2 aromatic rings. The van der Waals surface area contributed by atoms with Crippen LogP contribution in [0.2, 0.25) is 0 Å². The molecule has 0 spiro atoms. The van der Waals surface area contributed by atoms with Gasteiger partial charge in [-0.3, -0.25) is 14.5 Å². The number of anilines is 1. The van der Waals surface area contributed by atoms with Gasteiger partial charge in [0.25, 0.3) is 0 Å². The van der Waals surface area contributed by atoms with Gasteiger partial charge in [-0.25, -0.2) is 8.78 Å². The Kier molecular flexibility index (Phi) is 8.03. The Balaban J connectivity index is 1.54. The lowest BCUT2D eigenvalue weighted by Crippen LogP contribution is -2.38. The Labute approximate surface area is 193 Å². The van der Waals surface area contributed by atoms with E-state index in [1.54, 1.807) is 11.0 Å². The largest absolute Gasteiger partial charge is 0.504 e. The monoisotopic (exact) mass is 511 g/mol. The van der Waals surface area contributed by atoms with Crippen molar-refractivity contribution in [2.45, 2.75) is 12.8 Å². The molecule has 1 heterocycles. The molecule has 2 N–H and O–H groups in total. The number of rotatable bonds is 6. The minimum absolute atomic E-state index is 0.0141. The van der Waals surface area contributed by atoms with Gasteiger partial charge in [0.15, 0.2) is 11.5 Å². The van der Waals surface area contributed by atoms with E-state index in [0.29, 0.717) is 54.5 Å². The van der Waals surface area contributed by atoms with E-state index in [-0.39, 0.29) is 30.3 Å². The highest BCUT2D eigenvalue weighted by Crippen LogP contribution is 2.32. The van der Waals surface area contributed by atoms with Gasteiger partial charge in [0.2, 0.25) is 11.8 Å². The number of carbonyl (C=O) groups is 2. The zero-order chi connectivity index (χ0) is 23.3. The van der Waals surface area contributed by atoms with Gasteiger partial charge in [-0.2, -0.15) is 0 Å². The Morgan fingerprint density at radius 2 is 1.94 bits per heavy atom. The predicted molar refractivity (Wildman–Crippen MR) is 119 cm³/mol. The molecule has 0 aliphatic carbocycles. The molecule has 3 rings (SSSR count). The van der Waals surface area contributed by atoms with E-state index in [1.165, 1.54) is 19.2 Å². The first kappa shape index (κ1) is 23.9. The van der Waals surface area contributed by atoms with E-state index in [1.807, 2.05) is 4.90 Å². The maximum absolute atomic E-state index is 13.7. The average Bonchev–Trinajstić information content (AvgIpc) is 2.97. The van der Waals surface area contributed by atoms with Gasteiger partial charge < -0.3 is 20.1 Å². The lowest BCUT2D eigenvalue weighted by molar-refractivity contribution is -0.130. The minimum atomic E-state index is -0.831. The number of phenolic OH excluding ortho intramolecular Hbond substituents is 1. The van der Waals surface area contributed by atoms with E-state index in [0.717, 1.165) is 6.07 Å². The number of halogens is 3. The number of ether oxygens (including phenoxy) is 1. The number of aromatic hydroxyl groups is 1. The van der Waals surface area contributed by atoms with Crippen molar-refractivity contribution in [2.75, 3.05) is 45.2 Å². The summed E-state index contributed by atoms with van der Waals surface area (Å²) in [4.78, 5) is 28.7. The smallest absolute Gasteiger partial charge is 0.238 e. The van der Waals surface area contributed by atoms with Crippen molar-refractivity contribution in [3.8, 4) is 11.5 Å². The molecule has 1 aliphatic heterocycles. The fraction of sp³-hybridized carbons (Fsp3) is 0.364. The Morgan fingerprint density at radius 1 is 1.16 bits per heavy atom. The lowest BCUT2D eigenvalue weighted by atomic mass is 10.1. The second kappa shape index (κ2) is 10.7. The molecule has 0 bridgehead atoms. The van der Waals surface area contributed by atoms with Crippen molar-refractivity contribution in [3.63, 3.8) is 0 Å². The third-order valence-corrected chi connectivity index (χ3v) is 5.94. The number of benzene rings is 2. The SMILES string of the molecule is COc1cc(CC(=O)N2CCCN(CC(=O)Nc3ccc(F)cc3F)CC2)c(Br)cc1O. The van der Waals surface area contributed by atoms with Crippen LogP contribution >= 0.6 is 15.9 Å². The molecule has 0 unspecified atom stereocenters. The summed E-state index contributed by atoms with van der Waals surface area (Å²) in [5, 5.41) is 12.3. The molecule has 7 nitrogen and oxygen atoms in total. The summed E-state index contributed by atoms with van der Waals surface area (Å²) in [6.07, 6.45) is 0.825. The number of methoxy groups -OCH3 is 1. The van der Waals surface area contributed by atoms with Crippen molar-refractivity contribution >= 4 is 33.4 Å².